The molecule has 142 valence electrons. The molecule has 1 aliphatic carbocycles. The van der Waals surface area contributed by atoms with Gasteiger partial charge >= 0.3 is 5.97 Å². The number of methoxy groups -OCH3 is 1. The molecule has 2 saturated heterocycles. The Kier molecular flexibility index (Phi) is 2.72. The molecule has 2 bridgehead atoms. The number of nitrogens with zero attached hydrogens (tertiary/aromatic N) is 1. The minimum absolute atomic E-state index is 0.0754. The van der Waals surface area contributed by atoms with E-state index in [-0.39, 0.29) is 17.6 Å². The van der Waals surface area contributed by atoms with E-state index in [1.54, 1.807) is 0 Å². The minimum Gasteiger partial charge on any atom is -0.467 e. The molecular formula is C21H24N2O4. The highest BCUT2D eigenvalue weighted by atomic mass is 16.6. The molecule has 4 aliphatic heterocycles. The van der Waals surface area contributed by atoms with Crippen molar-refractivity contribution >= 4 is 11.7 Å². The van der Waals surface area contributed by atoms with Gasteiger partial charge in [0, 0.05) is 30.1 Å². The van der Waals surface area contributed by atoms with Gasteiger partial charge in [-0.25, -0.2) is 4.79 Å². The summed E-state index contributed by atoms with van der Waals surface area (Å²) in [5, 5.41) is 15.7. The van der Waals surface area contributed by atoms with Crippen LogP contribution in [-0.2, 0) is 19.7 Å². The molecule has 5 aliphatic rings. The van der Waals surface area contributed by atoms with Gasteiger partial charge in [-0.2, -0.15) is 0 Å². The predicted octanol–water partition coefficient (Wildman–Crippen LogP) is 1.40. The molecule has 4 heterocycles. The Labute approximate surface area is 158 Å². The second kappa shape index (κ2) is 4.57. The second-order valence-corrected chi connectivity index (χ2v) is 8.77. The number of carbonyl (C=O) groups excluding carboxylic acids is 1. The van der Waals surface area contributed by atoms with E-state index >= 15 is 0 Å². The molecule has 6 rings (SSSR count). The summed E-state index contributed by atoms with van der Waals surface area (Å²) in [6, 6.07) is 8.12. The van der Waals surface area contributed by atoms with Crippen LogP contribution in [0, 0.1) is 5.41 Å². The second-order valence-electron chi connectivity index (χ2n) is 8.77. The van der Waals surface area contributed by atoms with E-state index in [9.17, 15) is 9.90 Å². The summed E-state index contributed by atoms with van der Waals surface area (Å²) >= 11 is 0. The van der Waals surface area contributed by atoms with Gasteiger partial charge in [0.05, 0.1) is 18.6 Å². The molecule has 0 radical (unpaired) electrons. The summed E-state index contributed by atoms with van der Waals surface area (Å²) in [6.45, 7) is 3.78. The van der Waals surface area contributed by atoms with E-state index in [0.717, 1.165) is 30.8 Å². The minimum atomic E-state index is -1.55. The third-order valence-corrected chi connectivity index (χ3v) is 8.06. The van der Waals surface area contributed by atoms with Gasteiger partial charge < -0.3 is 19.9 Å². The number of nitrogens with one attached hydrogen (secondary N) is 1. The highest BCUT2D eigenvalue weighted by Gasteiger charge is 2.86. The van der Waals surface area contributed by atoms with Gasteiger partial charge in [0.1, 0.15) is 0 Å². The van der Waals surface area contributed by atoms with Crippen LogP contribution in [0.5, 0.6) is 0 Å². The van der Waals surface area contributed by atoms with Gasteiger partial charge in [-0.15, -0.1) is 0 Å². The first-order valence-corrected chi connectivity index (χ1v) is 9.73. The lowest BCUT2D eigenvalue weighted by molar-refractivity contribution is -0.216. The predicted molar refractivity (Wildman–Crippen MR) is 98.2 cm³/mol. The zero-order valence-corrected chi connectivity index (χ0v) is 15.6. The Hall–Kier alpha value is -1.89. The van der Waals surface area contributed by atoms with Crippen LogP contribution in [0.4, 0.5) is 5.69 Å². The maximum absolute atomic E-state index is 13.1. The van der Waals surface area contributed by atoms with E-state index < -0.39 is 22.7 Å². The molecular weight excluding hydrogens is 344 g/mol. The lowest BCUT2D eigenvalue weighted by Crippen LogP contribution is -2.77. The van der Waals surface area contributed by atoms with Crippen LogP contribution in [0.2, 0.25) is 0 Å². The standard InChI is InChI=1S/C21H24N2O4/c1-13-18-8-5-10-23-11-9-19(16(18)23)14-6-3-4-7-15(14)22-21(19,25)20(12-18,27-13)17(24)26-2/h3-8,13,16,22,25H,9-12H2,1-2H3/t13-,16-,18-,19+,20+,21-/m0/s1. The molecule has 6 nitrogen and oxygen atoms in total. The van der Waals surface area contributed by atoms with Gasteiger partial charge in [0.25, 0.3) is 0 Å². The molecule has 0 aromatic heterocycles. The number of fused-ring (bicyclic) bond motifs is 3. The van der Waals surface area contributed by atoms with Crippen LogP contribution >= 0.6 is 0 Å². The number of para-hydroxylation sites is 1. The average Bonchev–Trinajstić information content (AvgIpc) is 3.28. The van der Waals surface area contributed by atoms with Gasteiger partial charge in [-0.05, 0) is 31.5 Å². The van der Waals surface area contributed by atoms with Crippen molar-refractivity contribution in [2.45, 2.75) is 48.7 Å². The van der Waals surface area contributed by atoms with E-state index in [4.69, 9.17) is 9.47 Å². The number of rotatable bonds is 1. The number of anilines is 1. The largest absolute Gasteiger partial charge is 0.467 e. The van der Waals surface area contributed by atoms with Gasteiger partial charge in [0.2, 0.25) is 5.60 Å². The summed E-state index contributed by atoms with van der Waals surface area (Å²) in [5.74, 6) is -0.496. The Balaban J connectivity index is 1.72. The molecule has 6 heteroatoms. The molecule has 0 unspecified atom stereocenters. The highest BCUT2D eigenvalue weighted by molar-refractivity contribution is 5.87. The van der Waals surface area contributed by atoms with Gasteiger partial charge in [-0.3, -0.25) is 4.90 Å². The summed E-state index contributed by atoms with van der Waals surface area (Å²) in [7, 11) is 1.37. The van der Waals surface area contributed by atoms with Crippen molar-refractivity contribution in [2.24, 2.45) is 5.41 Å². The van der Waals surface area contributed by atoms with Crippen molar-refractivity contribution in [1.82, 2.24) is 4.90 Å². The highest BCUT2D eigenvalue weighted by Crippen LogP contribution is 2.72. The van der Waals surface area contributed by atoms with Crippen LogP contribution in [0.3, 0.4) is 0 Å². The third-order valence-electron chi connectivity index (χ3n) is 8.06. The number of ether oxygens (including phenoxy) is 2. The number of carbonyl (C=O) groups is 1. The van der Waals surface area contributed by atoms with E-state index in [1.165, 1.54) is 7.11 Å². The first kappa shape index (κ1) is 16.1. The number of aliphatic hydroxyl groups is 1. The molecule has 3 fully saturated rings. The van der Waals surface area contributed by atoms with Crippen molar-refractivity contribution in [3.05, 3.63) is 42.0 Å². The van der Waals surface area contributed by atoms with Crippen molar-refractivity contribution in [3.63, 3.8) is 0 Å². The lowest BCUT2D eigenvalue weighted by atomic mass is 9.49. The molecule has 1 saturated carbocycles. The molecule has 1 aromatic rings. The van der Waals surface area contributed by atoms with E-state index in [1.807, 2.05) is 25.1 Å². The van der Waals surface area contributed by atoms with Crippen molar-refractivity contribution in [3.8, 4) is 0 Å². The fraction of sp³-hybridized carbons (Fsp3) is 0.571. The molecule has 1 aromatic carbocycles. The number of esters is 1. The molecule has 0 amide bonds. The van der Waals surface area contributed by atoms with Crippen LogP contribution < -0.4 is 5.32 Å². The number of hydrogen-bond acceptors (Lipinski definition) is 6. The first-order valence-electron chi connectivity index (χ1n) is 9.73. The van der Waals surface area contributed by atoms with Gasteiger partial charge in [-0.1, -0.05) is 30.4 Å². The van der Waals surface area contributed by atoms with Gasteiger partial charge in [0.15, 0.2) is 5.72 Å². The van der Waals surface area contributed by atoms with Crippen LogP contribution in [0.15, 0.2) is 36.4 Å². The van der Waals surface area contributed by atoms with Crippen LogP contribution in [0.25, 0.3) is 0 Å². The quantitative estimate of drug-likeness (QED) is 0.577. The summed E-state index contributed by atoms with van der Waals surface area (Å²) in [4.78, 5) is 15.6. The monoisotopic (exact) mass is 368 g/mol. The maximum Gasteiger partial charge on any atom is 0.343 e. The van der Waals surface area contributed by atoms with Crippen LogP contribution in [-0.4, -0.2) is 59.6 Å². The third kappa shape index (κ3) is 1.39. The van der Waals surface area contributed by atoms with Crippen molar-refractivity contribution in [1.29, 1.82) is 0 Å². The zero-order chi connectivity index (χ0) is 18.7. The zero-order valence-electron chi connectivity index (χ0n) is 15.6. The Morgan fingerprint density at radius 2 is 2.22 bits per heavy atom. The number of benzene rings is 1. The van der Waals surface area contributed by atoms with Crippen molar-refractivity contribution in [2.75, 3.05) is 25.5 Å². The molecule has 6 atom stereocenters. The molecule has 2 N–H and O–H groups in total. The lowest BCUT2D eigenvalue weighted by Gasteiger charge is -2.59. The van der Waals surface area contributed by atoms with Crippen molar-refractivity contribution < 1.29 is 19.4 Å². The number of hydrogen-bond donors (Lipinski definition) is 2. The van der Waals surface area contributed by atoms with Crippen LogP contribution in [0.1, 0.15) is 25.3 Å². The summed E-state index contributed by atoms with van der Waals surface area (Å²) < 4.78 is 11.6. The Morgan fingerprint density at radius 3 is 3.04 bits per heavy atom. The smallest absolute Gasteiger partial charge is 0.343 e. The topological polar surface area (TPSA) is 71.0 Å². The molecule has 27 heavy (non-hydrogen) atoms. The van der Waals surface area contributed by atoms with E-state index in [0.29, 0.717) is 6.42 Å². The maximum atomic E-state index is 13.1. The summed E-state index contributed by atoms with van der Waals surface area (Å²) in [5.41, 5.74) is -1.95. The Morgan fingerprint density at radius 1 is 1.41 bits per heavy atom. The molecule has 2 spiro atoms. The SMILES string of the molecule is COC(=O)[C@]12C[C@@]3(C=CCN4CC[C@@]5(c6ccccc6N[C@@]15O)[C@@H]43)[C@H](C)O2. The Bertz CT molecular complexity index is 902. The normalized spacial score (nSPS) is 48.6. The fourth-order valence-electron chi connectivity index (χ4n) is 7.18. The summed E-state index contributed by atoms with van der Waals surface area (Å²) in [6.07, 6.45) is 5.44. The first-order chi connectivity index (χ1) is 13.0. The average molecular weight is 368 g/mol. The van der Waals surface area contributed by atoms with E-state index in [2.05, 4.69) is 28.4 Å². The fourth-order valence-corrected chi connectivity index (χ4v) is 7.18.